The minimum atomic E-state index is -3.19. The van der Waals surface area contributed by atoms with Crippen molar-refractivity contribution in [2.45, 2.75) is 31.5 Å². The van der Waals surface area contributed by atoms with Crippen LogP contribution in [0.5, 0.6) is 0 Å². The van der Waals surface area contributed by atoms with Gasteiger partial charge in [0, 0.05) is 11.8 Å². The van der Waals surface area contributed by atoms with Gasteiger partial charge in [-0.05, 0) is 12.8 Å². The number of hydrogen-bond donors (Lipinski definition) is 0. The van der Waals surface area contributed by atoms with Crippen LogP contribution in [-0.2, 0) is 19.1 Å². The van der Waals surface area contributed by atoms with E-state index in [0.717, 1.165) is 0 Å². The van der Waals surface area contributed by atoms with E-state index in [0.29, 0.717) is 6.42 Å². The van der Waals surface area contributed by atoms with Crippen molar-refractivity contribution in [3.8, 4) is 6.07 Å². The van der Waals surface area contributed by atoms with E-state index >= 15 is 0 Å². The SMILES string of the molecule is N#CC12CC3CC1C(OC2=O)C3OC(=O)C(F)F. The van der Waals surface area contributed by atoms with Gasteiger partial charge in [0.1, 0.15) is 12.2 Å². The van der Waals surface area contributed by atoms with Gasteiger partial charge >= 0.3 is 18.4 Å². The number of hydrogen-bond acceptors (Lipinski definition) is 5. The van der Waals surface area contributed by atoms with Crippen molar-refractivity contribution in [1.29, 1.82) is 5.26 Å². The van der Waals surface area contributed by atoms with Gasteiger partial charge in [-0.2, -0.15) is 14.0 Å². The second-order valence-corrected chi connectivity index (χ2v) is 4.96. The molecule has 0 spiro atoms. The Hall–Kier alpha value is -1.71. The number of carbonyl (C=O) groups excluding carboxylic acids is 2. The first-order valence-corrected chi connectivity index (χ1v) is 5.60. The fourth-order valence-corrected chi connectivity index (χ4v) is 3.47. The molecular formula is C11H9F2NO4. The van der Waals surface area contributed by atoms with Crippen LogP contribution >= 0.6 is 0 Å². The van der Waals surface area contributed by atoms with Crippen molar-refractivity contribution >= 4 is 11.9 Å². The minimum absolute atomic E-state index is 0.227. The molecule has 0 amide bonds. The monoisotopic (exact) mass is 257 g/mol. The van der Waals surface area contributed by atoms with Crippen LogP contribution in [0.3, 0.4) is 0 Å². The highest BCUT2D eigenvalue weighted by Crippen LogP contribution is 2.62. The largest absolute Gasteiger partial charge is 0.457 e. The summed E-state index contributed by atoms with van der Waals surface area (Å²) in [6.07, 6.45) is -4.03. The summed E-state index contributed by atoms with van der Waals surface area (Å²) in [5.74, 6) is -2.79. The molecule has 1 heterocycles. The summed E-state index contributed by atoms with van der Waals surface area (Å²) in [6.45, 7) is 0. The minimum Gasteiger partial charge on any atom is -0.457 e. The molecule has 96 valence electrons. The van der Waals surface area contributed by atoms with Crippen LogP contribution in [0.25, 0.3) is 0 Å². The zero-order chi connectivity index (χ0) is 13.1. The van der Waals surface area contributed by atoms with Gasteiger partial charge in [0.2, 0.25) is 0 Å². The van der Waals surface area contributed by atoms with Crippen molar-refractivity contribution in [2.75, 3.05) is 0 Å². The first-order valence-electron chi connectivity index (χ1n) is 5.60. The summed E-state index contributed by atoms with van der Waals surface area (Å²) in [4.78, 5) is 22.6. The second kappa shape index (κ2) is 3.40. The third-order valence-electron chi connectivity index (χ3n) is 4.20. The lowest BCUT2D eigenvalue weighted by molar-refractivity contribution is -0.172. The molecule has 0 radical (unpaired) electrons. The lowest BCUT2D eigenvalue weighted by Crippen LogP contribution is -2.40. The second-order valence-electron chi connectivity index (χ2n) is 4.96. The van der Waals surface area contributed by atoms with E-state index in [2.05, 4.69) is 0 Å². The highest BCUT2D eigenvalue weighted by molar-refractivity contribution is 5.84. The Morgan fingerprint density at radius 1 is 1.61 bits per heavy atom. The summed E-state index contributed by atoms with van der Waals surface area (Å²) >= 11 is 0. The third kappa shape index (κ3) is 1.18. The summed E-state index contributed by atoms with van der Waals surface area (Å²) in [5.41, 5.74) is -1.15. The Labute approximate surface area is 101 Å². The fraction of sp³-hybridized carbons (Fsp3) is 0.727. The maximum atomic E-state index is 12.1. The molecule has 0 aromatic carbocycles. The quantitative estimate of drug-likeness (QED) is 0.678. The molecule has 7 heteroatoms. The number of rotatable bonds is 2. The molecule has 3 aliphatic rings. The normalized spacial score (nSPS) is 44.0. The number of fused-ring (bicyclic) bond motifs is 1. The Bertz CT molecular complexity index is 474. The van der Waals surface area contributed by atoms with Gasteiger partial charge in [-0.25, -0.2) is 4.79 Å². The molecule has 0 aromatic heterocycles. The zero-order valence-electron chi connectivity index (χ0n) is 9.14. The van der Waals surface area contributed by atoms with E-state index in [4.69, 9.17) is 14.7 Å². The van der Waals surface area contributed by atoms with Crippen molar-refractivity contribution in [3.63, 3.8) is 0 Å². The maximum absolute atomic E-state index is 12.1. The molecule has 3 fully saturated rings. The smallest absolute Gasteiger partial charge is 0.374 e. The predicted molar refractivity (Wildman–Crippen MR) is 50.0 cm³/mol. The molecule has 2 aliphatic carbocycles. The van der Waals surface area contributed by atoms with E-state index in [9.17, 15) is 18.4 Å². The van der Waals surface area contributed by atoms with Gasteiger partial charge in [0.25, 0.3) is 0 Å². The number of alkyl halides is 2. The Morgan fingerprint density at radius 2 is 2.33 bits per heavy atom. The van der Waals surface area contributed by atoms with E-state index in [1.807, 2.05) is 6.07 Å². The first-order chi connectivity index (χ1) is 8.49. The van der Waals surface area contributed by atoms with Crippen LogP contribution in [-0.4, -0.2) is 30.6 Å². The standard InChI is InChI=1S/C11H9F2NO4/c12-8(13)9(15)17-6-4-1-5-7(6)18-10(16)11(5,2-4)3-14/h4-8H,1-2H2. The average molecular weight is 257 g/mol. The van der Waals surface area contributed by atoms with Crippen LogP contribution in [0, 0.1) is 28.6 Å². The molecule has 1 aliphatic heterocycles. The lowest BCUT2D eigenvalue weighted by atomic mass is 9.75. The fourth-order valence-electron chi connectivity index (χ4n) is 3.47. The topological polar surface area (TPSA) is 76.4 Å². The van der Waals surface area contributed by atoms with Crippen LogP contribution in [0.2, 0.25) is 0 Å². The predicted octanol–water partition coefficient (Wildman–Crippen LogP) is 0.638. The highest BCUT2D eigenvalue weighted by atomic mass is 19.3. The number of halogens is 2. The van der Waals surface area contributed by atoms with Gasteiger partial charge in [0.15, 0.2) is 5.41 Å². The number of nitriles is 1. The van der Waals surface area contributed by atoms with Gasteiger partial charge < -0.3 is 9.47 Å². The van der Waals surface area contributed by atoms with Crippen LogP contribution < -0.4 is 0 Å². The van der Waals surface area contributed by atoms with Crippen LogP contribution in [0.15, 0.2) is 0 Å². The van der Waals surface area contributed by atoms with Crippen molar-refractivity contribution < 1.29 is 27.8 Å². The highest BCUT2D eigenvalue weighted by Gasteiger charge is 2.72. The molecule has 1 saturated heterocycles. The van der Waals surface area contributed by atoms with Crippen LogP contribution in [0.4, 0.5) is 8.78 Å². The van der Waals surface area contributed by atoms with E-state index in [1.54, 1.807) is 0 Å². The zero-order valence-corrected chi connectivity index (χ0v) is 9.14. The van der Waals surface area contributed by atoms with E-state index in [-0.39, 0.29) is 18.3 Å². The Balaban J connectivity index is 1.83. The van der Waals surface area contributed by atoms with Crippen molar-refractivity contribution in [1.82, 2.24) is 0 Å². The van der Waals surface area contributed by atoms with Gasteiger partial charge in [-0.1, -0.05) is 0 Å². The summed E-state index contributed by atoms with van der Waals surface area (Å²) in [5, 5.41) is 9.11. The molecule has 2 saturated carbocycles. The molecule has 2 bridgehead atoms. The number of carbonyl (C=O) groups is 2. The van der Waals surface area contributed by atoms with Gasteiger partial charge in [0.05, 0.1) is 6.07 Å². The van der Waals surface area contributed by atoms with E-state index in [1.165, 1.54) is 0 Å². The molecule has 5 atom stereocenters. The molecule has 18 heavy (non-hydrogen) atoms. The molecule has 5 nitrogen and oxygen atoms in total. The summed E-state index contributed by atoms with van der Waals surface area (Å²) in [7, 11) is 0. The first kappa shape index (κ1) is 11.4. The lowest BCUT2D eigenvalue weighted by Gasteiger charge is -2.27. The number of esters is 2. The summed E-state index contributed by atoms with van der Waals surface area (Å²) < 4.78 is 34.0. The molecule has 3 rings (SSSR count). The number of nitrogens with zero attached hydrogens (tertiary/aromatic N) is 1. The summed E-state index contributed by atoms with van der Waals surface area (Å²) in [6, 6.07) is 1.98. The Morgan fingerprint density at radius 3 is 2.94 bits per heavy atom. The average Bonchev–Trinajstić information content (AvgIpc) is 2.90. The van der Waals surface area contributed by atoms with Crippen LogP contribution in [0.1, 0.15) is 12.8 Å². The van der Waals surface area contributed by atoms with E-state index < -0.39 is 36.0 Å². The molecule has 0 N–H and O–H groups in total. The van der Waals surface area contributed by atoms with Crippen molar-refractivity contribution in [2.24, 2.45) is 17.3 Å². The maximum Gasteiger partial charge on any atom is 0.374 e. The third-order valence-corrected chi connectivity index (χ3v) is 4.20. The van der Waals surface area contributed by atoms with Gasteiger partial charge in [-0.15, -0.1) is 0 Å². The van der Waals surface area contributed by atoms with Gasteiger partial charge in [-0.3, -0.25) is 4.79 Å². The molecular weight excluding hydrogens is 248 g/mol. The number of ether oxygens (including phenoxy) is 2. The molecule has 5 unspecified atom stereocenters. The van der Waals surface area contributed by atoms with Crippen molar-refractivity contribution in [3.05, 3.63) is 0 Å². The Kier molecular flexibility index (Phi) is 2.15. The molecule has 0 aromatic rings.